The van der Waals surface area contributed by atoms with E-state index >= 15 is 0 Å². The largest absolute Gasteiger partial charge is 0.478 e. The Labute approximate surface area is 119 Å². The molecule has 1 fully saturated rings. The minimum atomic E-state index is -0.991. The highest BCUT2D eigenvalue weighted by Gasteiger charge is 2.26. The van der Waals surface area contributed by atoms with E-state index < -0.39 is 5.97 Å². The summed E-state index contributed by atoms with van der Waals surface area (Å²) < 4.78 is 1.80. The molecule has 0 saturated heterocycles. The number of aldehydes is 1. The number of hydrogen-bond acceptors (Lipinski definition) is 2. The molecule has 1 aliphatic rings. The van der Waals surface area contributed by atoms with E-state index in [0.29, 0.717) is 24.3 Å². The maximum Gasteiger partial charge on any atom is 0.338 e. The molecule has 0 bridgehead atoms. The Bertz CT molecular complexity index is 510. The SMILES string of the molecule is CCc1c(C(=O)O)c(C=O)n(C)c1CC1CCCCC1. The first-order chi connectivity index (χ1) is 9.60. The summed E-state index contributed by atoms with van der Waals surface area (Å²) in [7, 11) is 1.81. The summed E-state index contributed by atoms with van der Waals surface area (Å²) in [6, 6.07) is 0. The van der Waals surface area contributed by atoms with Crippen LogP contribution in [0.5, 0.6) is 0 Å². The number of aromatic carboxylic acids is 1. The van der Waals surface area contributed by atoms with Crippen LogP contribution in [0.15, 0.2) is 0 Å². The van der Waals surface area contributed by atoms with Crippen molar-refractivity contribution in [2.45, 2.75) is 51.9 Å². The van der Waals surface area contributed by atoms with Crippen molar-refractivity contribution < 1.29 is 14.7 Å². The van der Waals surface area contributed by atoms with Gasteiger partial charge in [-0.15, -0.1) is 0 Å². The zero-order chi connectivity index (χ0) is 14.7. The lowest BCUT2D eigenvalue weighted by molar-refractivity contribution is 0.0692. The molecule has 0 radical (unpaired) electrons. The van der Waals surface area contributed by atoms with Gasteiger partial charge in [0, 0.05) is 12.7 Å². The second kappa shape index (κ2) is 6.25. The van der Waals surface area contributed by atoms with Crippen molar-refractivity contribution in [3.8, 4) is 0 Å². The van der Waals surface area contributed by atoms with Crippen LogP contribution in [0.3, 0.4) is 0 Å². The van der Waals surface area contributed by atoms with E-state index in [1.807, 2.05) is 14.0 Å². The van der Waals surface area contributed by atoms with E-state index in [1.165, 1.54) is 32.1 Å². The molecular formula is C16H23NO3. The van der Waals surface area contributed by atoms with Crippen LogP contribution in [-0.2, 0) is 19.9 Å². The van der Waals surface area contributed by atoms with Crippen LogP contribution in [0, 0.1) is 5.92 Å². The fourth-order valence-electron chi connectivity index (χ4n) is 3.50. The van der Waals surface area contributed by atoms with Crippen molar-refractivity contribution in [3.05, 3.63) is 22.5 Å². The van der Waals surface area contributed by atoms with Crippen LogP contribution in [0.1, 0.15) is 71.1 Å². The van der Waals surface area contributed by atoms with Crippen LogP contribution in [0.25, 0.3) is 0 Å². The molecule has 0 atom stereocenters. The Morgan fingerprint density at radius 1 is 1.35 bits per heavy atom. The average Bonchev–Trinajstić information content (AvgIpc) is 2.72. The smallest absolute Gasteiger partial charge is 0.338 e. The third kappa shape index (κ3) is 2.65. The quantitative estimate of drug-likeness (QED) is 0.841. The fourth-order valence-corrected chi connectivity index (χ4v) is 3.50. The van der Waals surface area contributed by atoms with Gasteiger partial charge in [0.2, 0.25) is 0 Å². The molecule has 0 spiro atoms. The summed E-state index contributed by atoms with van der Waals surface area (Å²) in [6.45, 7) is 1.96. The van der Waals surface area contributed by atoms with Crippen LogP contribution in [0.4, 0.5) is 0 Å². The third-order valence-corrected chi connectivity index (χ3v) is 4.56. The number of carbonyl (C=O) groups excluding carboxylic acids is 1. The summed E-state index contributed by atoms with van der Waals surface area (Å²) in [5.41, 5.74) is 2.39. The van der Waals surface area contributed by atoms with E-state index in [1.54, 1.807) is 4.57 Å². The summed E-state index contributed by atoms with van der Waals surface area (Å²) in [6.07, 6.45) is 8.50. The molecule has 1 aliphatic carbocycles. The fraction of sp³-hybridized carbons (Fsp3) is 0.625. The zero-order valence-electron chi connectivity index (χ0n) is 12.3. The molecule has 1 saturated carbocycles. The minimum absolute atomic E-state index is 0.204. The number of carbonyl (C=O) groups is 2. The maximum absolute atomic E-state index is 11.4. The Morgan fingerprint density at radius 2 is 2.00 bits per heavy atom. The van der Waals surface area contributed by atoms with Crippen molar-refractivity contribution in [1.82, 2.24) is 4.57 Å². The predicted molar refractivity (Wildman–Crippen MR) is 77.4 cm³/mol. The number of carboxylic acids is 1. The third-order valence-electron chi connectivity index (χ3n) is 4.56. The molecule has 110 valence electrons. The van der Waals surface area contributed by atoms with Crippen LogP contribution in [-0.4, -0.2) is 21.9 Å². The van der Waals surface area contributed by atoms with E-state index in [4.69, 9.17) is 0 Å². The zero-order valence-corrected chi connectivity index (χ0v) is 12.3. The molecule has 1 aromatic rings. The highest BCUT2D eigenvalue weighted by Crippen LogP contribution is 2.30. The Kier molecular flexibility index (Phi) is 4.63. The first-order valence-corrected chi connectivity index (χ1v) is 7.49. The van der Waals surface area contributed by atoms with Gasteiger partial charge in [0.1, 0.15) is 0 Å². The van der Waals surface area contributed by atoms with Crippen molar-refractivity contribution in [3.63, 3.8) is 0 Å². The maximum atomic E-state index is 11.4. The molecule has 20 heavy (non-hydrogen) atoms. The minimum Gasteiger partial charge on any atom is -0.478 e. The van der Waals surface area contributed by atoms with Gasteiger partial charge in [-0.25, -0.2) is 4.79 Å². The van der Waals surface area contributed by atoms with E-state index in [2.05, 4.69) is 0 Å². The molecule has 1 N–H and O–H groups in total. The van der Waals surface area contributed by atoms with Gasteiger partial charge in [-0.3, -0.25) is 4.79 Å². The van der Waals surface area contributed by atoms with Gasteiger partial charge < -0.3 is 9.67 Å². The van der Waals surface area contributed by atoms with Crippen LogP contribution in [0.2, 0.25) is 0 Å². The number of carboxylic acid groups (broad SMARTS) is 1. The summed E-state index contributed by atoms with van der Waals surface area (Å²) in [5, 5.41) is 9.38. The number of hydrogen-bond donors (Lipinski definition) is 1. The van der Waals surface area contributed by atoms with Crippen molar-refractivity contribution in [2.75, 3.05) is 0 Å². The highest BCUT2D eigenvalue weighted by atomic mass is 16.4. The second-order valence-electron chi connectivity index (χ2n) is 5.73. The van der Waals surface area contributed by atoms with Gasteiger partial charge in [0.15, 0.2) is 6.29 Å². The molecule has 1 aromatic heterocycles. The molecular weight excluding hydrogens is 254 g/mol. The normalized spacial score (nSPS) is 16.3. The van der Waals surface area contributed by atoms with E-state index in [-0.39, 0.29) is 5.56 Å². The standard InChI is InChI=1S/C16H23NO3/c1-3-12-13(9-11-7-5-4-6-8-11)17(2)14(10-18)15(12)16(19)20/h10-11H,3-9H2,1-2H3,(H,19,20). The predicted octanol–water partition coefficient (Wildman–Crippen LogP) is 3.22. The molecule has 0 unspecified atom stereocenters. The van der Waals surface area contributed by atoms with Gasteiger partial charge in [0.25, 0.3) is 0 Å². The Hall–Kier alpha value is -1.58. The average molecular weight is 277 g/mol. The van der Waals surface area contributed by atoms with Gasteiger partial charge in [-0.05, 0) is 24.3 Å². The van der Waals surface area contributed by atoms with Crippen molar-refractivity contribution >= 4 is 12.3 Å². The van der Waals surface area contributed by atoms with E-state index in [0.717, 1.165) is 17.7 Å². The van der Waals surface area contributed by atoms with Crippen LogP contribution < -0.4 is 0 Å². The first-order valence-electron chi connectivity index (χ1n) is 7.49. The second-order valence-corrected chi connectivity index (χ2v) is 5.73. The lowest BCUT2D eigenvalue weighted by Gasteiger charge is -2.22. The van der Waals surface area contributed by atoms with Gasteiger partial charge in [-0.1, -0.05) is 39.0 Å². The van der Waals surface area contributed by atoms with Crippen molar-refractivity contribution in [1.29, 1.82) is 0 Å². The van der Waals surface area contributed by atoms with Gasteiger partial charge in [-0.2, -0.15) is 0 Å². The van der Waals surface area contributed by atoms with Gasteiger partial charge in [0.05, 0.1) is 11.3 Å². The topological polar surface area (TPSA) is 59.3 Å². The first kappa shape index (κ1) is 14.8. The van der Waals surface area contributed by atoms with Crippen LogP contribution >= 0.6 is 0 Å². The Balaban J connectivity index is 2.40. The van der Waals surface area contributed by atoms with E-state index in [9.17, 15) is 14.7 Å². The monoisotopic (exact) mass is 277 g/mol. The summed E-state index contributed by atoms with van der Waals surface area (Å²) in [5.74, 6) is -0.363. The molecule has 0 amide bonds. The summed E-state index contributed by atoms with van der Waals surface area (Å²) in [4.78, 5) is 22.7. The number of aromatic nitrogens is 1. The lowest BCUT2D eigenvalue weighted by atomic mass is 9.85. The lowest BCUT2D eigenvalue weighted by Crippen LogP contribution is -2.13. The molecule has 4 nitrogen and oxygen atoms in total. The van der Waals surface area contributed by atoms with Gasteiger partial charge >= 0.3 is 5.97 Å². The van der Waals surface area contributed by atoms with Crippen molar-refractivity contribution in [2.24, 2.45) is 13.0 Å². The Morgan fingerprint density at radius 3 is 2.50 bits per heavy atom. The molecule has 2 rings (SSSR count). The highest BCUT2D eigenvalue weighted by molar-refractivity contribution is 5.98. The number of nitrogens with zero attached hydrogens (tertiary/aromatic N) is 1. The summed E-state index contributed by atoms with van der Waals surface area (Å²) >= 11 is 0. The molecule has 4 heteroatoms. The molecule has 0 aliphatic heterocycles. The molecule has 1 heterocycles. The number of rotatable bonds is 5. The molecule has 0 aromatic carbocycles.